The van der Waals surface area contributed by atoms with Gasteiger partial charge in [-0.15, -0.1) is 6.58 Å². The molecule has 0 aliphatic carbocycles. The molecule has 0 saturated heterocycles. The third kappa shape index (κ3) is 1.70. The lowest BCUT2D eigenvalue weighted by Crippen LogP contribution is -2.41. The second-order valence-electron chi connectivity index (χ2n) is 2.98. The summed E-state index contributed by atoms with van der Waals surface area (Å²) in [6, 6.07) is 0. The van der Waals surface area contributed by atoms with Gasteiger partial charge in [-0.2, -0.15) is 0 Å². The zero-order chi connectivity index (χ0) is 8.32. The number of aliphatic hydroxyl groups excluding tert-OH is 1. The Morgan fingerprint density at radius 1 is 1.73 bits per heavy atom. The van der Waals surface area contributed by atoms with Crippen molar-refractivity contribution in [3.63, 3.8) is 0 Å². The monoisotopic (exact) mass is 154 g/mol. The van der Waals surface area contributed by atoms with Crippen molar-refractivity contribution >= 4 is 0 Å². The molecule has 0 fully saturated rings. The molecule has 0 amide bonds. The quantitative estimate of drug-likeness (QED) is 0.607. The first-order valence-electron chi connectivity index (χ1n) is 3.78. The van der Waals surface area contributed by atoms with Gasteiger partial charge in [0.2, 0.25) is 0 Å². The maximum Gasteiger partial charge on any atom is 0.101 e. The molecule has 1 aliphatic rings. The number of hydrogen-bond donors (Lipinski definition) is 1. The van der Waals surface area contributed by atoms with Gasteiger partial charge in [-0.05, 0) is 13.3 Å². The molecule has 1 heterocycles. The highest BCUT2D eigenvalue weighted by molar-refractivity contribution is 5.03. The van der Waals surface area contributed by atoms with E-state index in [0.717, 1.165) is 6.42 Å². The van der Waals surface area contributed by atoms with Gasteiger partial charge in [-0.1, -0.05) is 18.2 Å². The second kappa shape index (κ2) is 3.20. The average molecular weight is 154 g/mol. The second-order valence-corrected chi connectivity index (χ2v) is 2.98. The molecule has 1 rings (SSSR count). The Bertz CT molecular complexity index is 174. The topological polar surface area (TPSA) is 29.5 Å². The van der Waals surface area contributed by atoms with Crippen LogP contribution in [-0.4, -0.2) is 23.4 Å². The maximum atomic E-state index is 9.46. The van der Waals surface area contributed by atoms with Crippen molar-refractivity contribution < 1.29 is 9.84 Å². The summed E-state index contributed by atoms with van der Waals surface area (Å²) in [6.07, 6.45) is 5.67. The number of ether oxygens (including phenoxy) is 1. The Labute approximate surface area is 67.2 Å². The molecule has 0 aromatic carbocycles. The van der Waals surface area contributed by atoms with E-state index in [1.165, 1.54) is 6.08 Å². The first-order chi connectivity index (χ1) is 5.19. The molecule has 0 radical (unpaired) electrons. The highest BCUT2D eigenvalue weighted by Gasteiger charge is 2.31. The van der Waals surface area contributed by atoms with E-state index in [-0.39, 0.29) is 0 Å². The van der Waals surface area contributed by atoms with Crippen LogP contribution < -0.4 is 0 Å². The summed E-state index contributed by atoms with van der Waals surface area (Å²) in [7, 11) is 0. The van der Waals surface area contributed by atoms with Crippen LogP contribution in [0.25, 0.3) is 0 Å². The van der Waals surface area contributed by atoms with Gasteiger partial charge < -0.3 is 9.84 Å². The SMILES string of the molecule is C=CC(O)C1(C)CC=CCO1. The van der Waals surface area contributed by atoms with E-state index in [0.29, 0.717) is 6.61 Å². The normalized spacial score (nSPS) is 33.3. The molecule has 0 spiro atoms. The predicted molar refractivity (Wildman–Crippen MR) is 44.3 cm³/mol. The Hall–Kier alpha value is -0.600. The lowest BCUT2D eigenvalue weighted by atomic mass is 9.93. The number of rotatable bonds is 2. The van der Waals surface area contributed by atoms with E-state index in [9.17, 15) is 5.11 Å². The minimum absolute atomic E-state index is 0.462. The molecule has 2 unspecified atom stereocenters. The van der Waals surface area contributed by atoms with Gasteiger partial charge in [-0.25, -0.2) is 0 Å². The fraction of sp³-hybridized carbons (Fsp3) is 0.556. The van der Waals surface area contributed by atoms with Gasteiger partial charge in [0.1, 0.15) is 6.10 Å². The zero-order valence-electron chi connectivity index (χ0n) is 6.79. The minimum atomic E-state index is -0.576. The molecule has 0 aromatic rings. The van der Waals surface area contributed by atoms with Gasteiger partial charge in [0.15, 0.2) is 0 Å². The lowest BCUT2D eigenvalue weighted by Gasteiger charge is -2.33. The molecule has 11 heavy (non-hydrogen) atoms. The number of aliphatic hydroxyl groups is 1. The Balaban J connectivity index is 2.65. The van der Waals surface area contributed by atoms with Crippen LogP contribution in [0.1, 0.15) is 13.3 Å². The summed E-state index contributed by atoms with van der Waals surface area (Å²) in [6.45, 7) is 6.00. The van der Waals surface area contributed by atoms with Crippen molar-refractivity contribution in [2.75, 3.05) is 6.61 Å². The number of hydrogen-bond acceptors (Lipinski definition) is 2. The van der Waals surface area contributed by atoms with E-state index in [1.807, 2.05) is 19.1 Å². The van der Waals surface area contributed by atoms with Crippen molar-refractivity contribution in [3.8, 4) is 0 Å². The molecule has 2 nitrogen and oxygen atoms in total. The Kier molecular flexibility index (Phi) is 2.47. The van der Waals surface area contributed by atoms with Crippen LogP contribution in [0, 0.1) is 0 Å². The average Bonchev–Trinajstić information content (AvgIpc) is 2.04. The first-order valence-corrected chi connectivity index (χ1v) is 3.78. The zero-order valence-corrected chi connectivity index (χ0v) is 6.79. The van der Waals surface area contributed by atoms with Gasteiger partial charge in [0.25, 0.3) is 0 Å². The van der Waals surface area contributed by atoms with Gasteiger partial charge >= 0.3 is 0 Å². The van der Waals surface area contributed by atoms with Crippen LogP contribution >= 0.6 is 0 Å². The van der Waals surface area contributed by atoms with E-state index >= 15 is 0 Å². The third-order valence-electron chi connectivity index (χ3n) is 2.05. The van der Waals surface area contributed by atoms with Crippen LogP contribution in [0.4, 0.5) is 0 Å². The molecule has 2 heteroatoms. The fourth-order valence-corrected chi connectivity index (χ4v) is 1.14. The highest BCUT2D eigenvalue weighted by Crippen LogP contribution is 2.24. The van der Waals surface area contributed by atoms with Crippen molar-refractivity contribution in [2.45, 2.75) is 25.0 Å². The largest absolute Gasteiger partial charge is 0.386 e. The summed E-state index contributed by atoms with van der Waals surface area (Å²) in [5.74, 6) is 0. The summed E-state index contributed by atoms with van der Waals surface area (Å²) in [5.41, 5.74) is -0.462. The van der Waals surface area contributed by atoms with E-state index < -0.39 is 11.7 Å². The van der Waals surface area contributed by atoms with Crippen molar-refractivity contribution in [2.24, 2.45) is 0 Å². The van der Waals surface area contributed by atoms with Gasteiger partial charge in [0, 0.05) is 0 Å². The van der Waals surface area contributed by atoms with Crippen LogP contribution in [0.3, 0.4) is 0 Å². The predicted octanol–water partition coefficient (Wildman–Crippen LogP) is 1.27. The van der Waals surface area contributed by atoms with E-state index in [2.05, 4.69) is 6.58 Å². The van der Waals surface area contributed by atoms with Crippen LogP contribution in [0.15, 0.2) is 24.8 Å². The van der Waals surface area contributed by atoms with Crippen LogP contribution in [-0.2, 0) is 4.74 Å². The van der Waals surface area contributed by atoms with Crippen molar-refractivity contribution in [1.29, 1.82) is 0 Å². The molecule has 0 aromatic heterocycles. The lowest BCUT2D eigenvalue weighted by molar-refractivity contribution is -0.0880. The molecule has 2 atom stereocenters. The molecule has 62 valence electrons. The van der Waals surface area contributed by atoms with Crippen molar-refractivity contribution in [1.82, 2.24) is 0 Å². The Morgan fingerprint density at radius 3 is 2.91 bits per heavy atom. The Morgan fingerprint density at radius 2 is 2.45 bits per heavy atom. The highest BCUT2D eigenvalue weighted by atomic mass is 16.5. The summed E-state index contributed by atoms with van der Waals surface area (Å²) < 4.78 is 5.41. The summed E-state index contributed by atoms with van der Waals surface area (Å²) in [4.78, 5) is 0. The molecular weight excluding hydrogens is 140 g/mol. The minimum Gasteiger partial charge on any atom is -0.386 e. The molecular formula is C9H14O2. The first kappa shape index (κ1) is 8.50. The van der Waals surface area contributed by atoms with E-state index in [1.54, 1.807) is 0 Å². The molecule has 1 aliphatic heterocycles. The van der Waals surface area contributed by atoms with Crippen molar-refractivity contribution in [3.05, 3.63) is 24.8 Å². The molecule has 0 saturated carbocycles. The molecule has 0 bridgehead atoms. The van der Waals surface area contributed by atoms with Crippen LogP contribution in [0.2, 0.25) is 0 Å². The van der Waals surface area contributed by atoms with Crippen LogP contribution in [0.5, 0.6) is 0 Å². The van der Waals surface area contributed by atoms with E-state index in [4.69, 9.17) is 4.74 Å². The maximum absolute atomic E-state index is 9.46. The van der Waals surface area contributed by atoms with Gasteiger partial charge in [-0.3, -0.25) is 0 Å². The standard InChI is InChI=1S/C9H14O2/c1-3-8(10)9(2)6-4-5-7-11-9/h3-5,8,10H,1,6-7H2,2H3. The van der Waals surface area contributed by atoms with Gasteiger partial charge in [0.05, 0.1) is 12.2 Å². The molecule has 1 N–H and O–H groups in total. The summed E-state index contributed by atoms with van der Waals surface area (Å²) >= 11 is 0. The fourth-order valence-electron chi connectivity index (χ4n) is 1.14. The summed E-state index contributed by atoms with van der Waals surface area (Å²) in [5, 5.41) is 9.46. The smallest absolute Gasteiger partial charge is 0.101 e. The third-order valence-corrected chi connectivity index (χ3v) is 2.05.